The molecule has 0 radical (unpaired) electrons. The molecule has 0 bridgehead atoms. The first-order valence-electron chi connectivity index (χ1n) is 5.70. The molecule has 90 valence electrons. The highest BCUT2D eigenvalue weighted by Crippen LogP contribution is 2.18. The average Bonchev–Trinajstić information content (AvgIpc) is 2.86. The molecule has 0 aromatic carbocycles. The summed E-state index contributed by atoms with van der Waals surface area (Å²) in [5.41, 5.74) is 0.661. The molecule has 3 heterocycles. The largest absolute Gasteiger partial charge is 0.380 e. The molecule has 0 aliphatic carbocycles. The first-order valence-corrected chi connectivity index (χ1v) is 5.70. The molecule has 1 unspecified atom stereocenters. The zero-order valence-corrected chi connectivity index (χ0v) is 9.65. The van der Waals surface area contributed by atoms with Crippen molar-refractivity contribution in [1.29, 1.82) is 0 Å². The fourth-order valence-electron chi connectivity index (χ4n) is 2.15. The molecule has 3 rings (SSSR count). The maximum absolute atomic E-state index is 5.40. The van der Waals surface area contributed by atoms with Crippen LogP contribution in [-0.4, -0.2) is 51.6 Å². The van der Waals surface area contributed by atoms with Gasteiger partial charge in [0, 0.05) is 20.2 Å². The Morgan fingerprint density at radius 3 is 3.24 bits per heavy atom. The Hall–Kier alpha value is -1.76. The lowest BCUT2D eigenvalue weighted by molar-refractivity contribution is 0.0891. The minimum Gasteiger partial charge on any atom is -0.380 e. The molecule has 17 heavy (non-hydrogen) atoms. The third-order valence-corrected chi connectivity index (χ3v) is 3.09. The molecule has 2 aromatic heterocycles. The predicted molar refractivity (Wildman–Crippen MR) is 60.8 cm³/mol. The molecule has 1 atom stereocenters. The van der Waals surface area contributed by atoms with E-state index in [0.29, 0.717) is 5.65 Å². The van der Waals surface area contributed by atoms with Crippen molar-refractivity contribution in [2.24, 2.45) is 0 Å². The second-order valence-corrected chi connectivity index (χ2v) is 4.16. The van der Waals surface area contributed by atoms with Gasteiger partial charge in [-0.1, -0.05) is 0 Å². The summed E-state index contributed by atoms with van der Waals surface area (Å²) in [6, 6.07) is 3.82. The van der Waals surface area contributed by atoms with E-state index in [0.717, 1.165) is 31.7 Å². The Labute approximate surface area is 98.4 Å². The standard InChI is InChI=1S/C10H14N6O/c1-17-8-3-2-6-15(7-8)10-5-4-9-11-13-14-16(9)12-10/h4-5,8H,2-3,6-7H2,1H3. The van der Waals surface area contributed by atoms with E-state index in [9.17, 15) is 0 Å². The lowest BCUT2D eigenvalue weighted by Crippen LogP contribution is -2.39. The van der Waals surface area contributed by atoms with Gasteiger partial charge in [-0.05, 0) is 35.4 Å². The molecule has 2 aromatic rings. The van der Waals surface area contributed by atoms with Crippen LogP contribution in [0.3, 0.4) is 0 Å². The third-order valence-electron chi connectivity index (χ3n) is 3.09. The van der Waals surface area contributed by atoms with E-state index >= 15 is 0 Å². The SMILES string of the molecule is COC1CCCN(c2ccc3nnnn3n2)C1. The zero-order valence-electron chi connectivity index (χ0n) is 9.65. The summed E-state index contributed by atoms with van der Waals surface area (Å²) >= 11 is 0. The van der Waals surface area contributed by atoms with Gasteiger partial charge in [0.05, 0.1) is 6.10 Å². The highest BCUT2D eigenvalue weighted by molar-refractivity contribution is 5.44. The molecule has 0 saturated carbocycles. The zero-order chi connectivity index (χ0) is 11.7. The Morgan fingerprint density at radius 1 is 1.41 bits per heavy atom. The monoisotopic (exact) mass is 234 g/mol. The first kappa shape index (κ1) is 10.4. The van der Waals surface area contributed by atoms with E-state index in [-0.39, 0.29) is 6.10 Å². The van der Waals surface area contributed by atoms with Gasteiger partial charge in [-0.2, -0.15) is 0 Å². The predicted octanol–water partition coefficient (Wildman–Crippen LogP) is 0.134. The van der Waals surface area contributed by atoms with Crippen molar-refractivity contribution >= 4 is 11.5 Å². The Balaban J connectivity index is 1.86. The number of methoxy groups -OCH3 is 1. The van der Waals surface area contributed by atoms with E-state index in [1.165, 1.54) is 4.63 Å². The highest BCUT2D eigenvalue weighted by atomic mass is 16.5. The van der Waals surface area contributed by atoms with Crippen molar-refractivity contribution < 1.29 is 4.74 Å². The number of hydrogen-bond acceptors (Lipinski definition) is 6. The van der Waals surface area contributed by atoms with E-state index < -0.39 is 0 Å². The number of hydrogen-bond donors (Lipinski definition) is 0. The van der Waals surface area contributed by atoms with E-state index in [2.05, 4.69) is 25.5 Å². The number of ether oxygens (including phenoxy) is 1. The Kier molecular flexibility index (Phi) is 2.60. The fraction of sp³-hybridized carbons (Fsp3) is 0.600. The van der Waals surface area contributed by atoms with Gasteiger partial charge < -0.3 is 9.64 Å². The van der Waals surface area contributed by atoms with Gasteiger partial charge in [-0.3, -0.25) is 0 Å². The number of anilines is 1. The van der Waals surface area contributed by atoms with Crippen LogP contribution in [0.25, 0.3) is 5.65 Å². The molecule has 0 amide bonds. The van der Waals surface area contributed by atoms with Crippen LogP contribution in [0.1, 0.15) is 12.8 Å². The van der Waals surface area contributed by atoms with Crippen LogP contribution in [-0.2, 0) is 4.74 Å². The number of aromatic nitrogens is 5. The summed E-state index contributed by atoms with van der Waals surface area (Å²) in [4.78, 5) is 2.21. The summed E-state index contributed by atoms with van der Waals surface area (Å²) in [6.07, 6.45) is 2.52. The second-order valence-electron chi connectivity index (χ2n) is 4.16. The van der Waals surface area contributed by atoms with E-state index in [4.69, 9.17) is 4.74 Å². The maximum Gasteiger partial charge on any atom is 0.200 e. The van der Waals surface area contributed by atoms with Gasteiger partial charge >= 0.3 is 0 Å². The number of nitrogens with zero attached hydrogens (tertiary/aromatic N) is 6. The Bertz CT molecular complexity index is 512. The summed E-state index contributed by atoms with van der Waals surface area (Å²) in [5, 5.41) is 15.6. The van der Waals surface area contributed by atoms with Crippen LogP contribution in [0.4, 0.5) is 5.82 Å². The lowest BCUT2D eigenvalue weighted by Gasteiger charge is -2.32. The van der Waals surface area contributed by atoms with Crippen LogP contribution >= 0.6 is 0 Å². The molecule has 1 aliphatic rings. The molecule has 7 heteroatoms. The van der Waals surface area contributed by atoms with Crippen molar-refractivity contribution in [1.82, 2.24) is 25.3 Å². The second kappa shape index (κ2) is 4.25. The van der Waals surface area contributed by atoms with Crippen molar-refractivity contribution in [3.05, 3.63) is 12.1 Å². The molecule has 0 N–H and O–H groups in total. The molecule has 1 saturated heterocycles. The molecule has 0 spiro atoms. The molecule has 1 aliphatic heterocycles. The topological polar surface area (TPSA) is 68.4 Å². The van der Waals surface area contributed by atoms with Crippen molar-refractivity contribution in [3.63, 3.8) is 0 Å². The van der Waals surface area contributed by atoms with Crippen LogP contribution in [0.5, 0.6) is 0 Å². The summed E-state index contributed by atoms with van der Waals surface area (Å²) in [6.45, 7) is 1.87. The molecule has 1 fully saturated rings. The minimum absolute atomic E-state index is 0.287. The normalized spacial score (nSPS) is 21.0. The fourth-order valence-corrected chi connectivity index (χ4v) is 2.15. The molecule has 7 nitrogen and oxygen atoms in total. The lowest BCUT2D eigenvalue weighted by atomic mass is 10.1. The van der Waals surface area contributed by atoms with Crippen molar-refractivity contribution in [3.8, 4) is 0 Å². The number of tetrazole rings is 1. The number of rotatable bonds is 2. The highest BCUT2D eigenvalue weighted by Gasteiger charge is 2.20. The van der Waals surface area contributed by atoms with Crippen LogP contribution in [0.15, 0.2) is 12.1 Å². The third kappa shape index (κ3) is 1.93. The van der Waals surface area contributed by atoms with Gasteiger partial charge in [-0.15, -0.1) is 14.8 Å². The van der Waals surface area contributed by atoms with Gasteiger partial charge in [0.1, 0.15) is 0 Å². The summed E-state index contributed by atoms with van der Waals surface area (Å²) in [5.74, 6) is 0.895. The van der Waals surface area contributed by atoms with Gasteiger partial charge in [0.15, 0.2) is 11.5 Å². The van der Waals surface area contributed by atoms with Gasteiger partial charge in [0.25, 0.3) is 0 Å². The maximum atomic E-state index is 5.40. The smallest absolute Gasteiger partial charge is 0.200 e. The molecular weight excluding hydrogens is 220 g/mol. The summed E-state index contributed by atoms with van der Waals surface area (Å²) < 4.78 is 6.85. The van der Waals surface area contributed by atoms with Crippen LogP contribution in [0.2, 0.25) is 0 Å². The molecular formula is C10H14N6O. The quantitative estimate of drug-likeness (QED) is 0.736. The number of fused-ring (bicyclic) bond motifs is 1. The Morgan fingerprint density at radius 2 is 2.35 bits per heavy atom. The minimum atomic E-state index is 0.287. The summed E-state index contributed by atoms with van der Waals surface area (Å²) in [7, 11) is 1.76. The van der Waals surface area contributed by atoms with Crippen LogP contribution < -0.4 is 4.90 Å². The van der Waals surface area contributed by atoms with Crippen molar-refractivity contribution in [2.45, 2.75) is 18.9 Å². The first-order chi connectivity index (χ1) is 8.36. The van der Waals surface area contributed by atoms with Crippen molar-refractivity contribution in [2.75, 3.05) is 25.1 Å². The average molecular weight is 234 g/mol. The number of piperidine rings is 1. The van der Waals surface area contributed by atoms with Gasteiger partial charge in [-0.25, -0.2) is 0 Å². The van der Waals surface area contributed by atoms with Gasteiger partial charge in [0.2, 0.25) is 0 Å². The van der Waals surface area contributed by atoms with Crippen LogP contribution in [0, 0.1) is 0 Å². The van der Waals surface area contributed by atoms with E-state index in [1.807, 2.05) is 12.1 Å². The van der Waals surface area contributed by atoms with E-state index in [1.54, 1.807) is 7.11 Å².